The lowest BCUT2D eigenvalue weighted by Gasteiger charge is -2.11. The molecule has 0 aliphatic rings. The topological polar surface area (TPSA) is 75.3 Å². The molecule has 2 N–H and O–H groups in total. The summed E-state index contributed by atoms with van der Waals surface area (Å²) >= 11 is 6.15. The molecule has 0 aliphatic carbocycles. The standard InChI is InChI=1S/C23H22ClFN2O3S/c1-16-4-11-20(12-5-16)31(29,30)27-19-10-13-22(24)21(15-19)23(28)26-14-2-3-17-6-8-18(25)9-7-17/h4-13,15,27H,2-3,14H2,1H3,(H,26,28). The van der Waals surface area contributed by atoms with E-state index >= 15 is 0 Å². The predicted octanol–water partition coefficient (Wildman–Crippen LogP) is 4.95. The molecule has 0 unspecified atom stereocenters. The lowest BCUT2D eigenvalue weighted by atomic mass is 10.1. The van der Waals surface area contributed by atoms with E-state index in [2.05, 4.69) is 10.0 Å². The van der Waals surface area contributed by atoms with E-state index in [1.165, 1.54) is 42.5 Å². The van der Waals surface area contributed by atoms with Crippen molar-refractivity contribution in [1.82, 2.24) is 5.32 Å². The average molecular weight is 461 g/mol. The minimum atomic E-state index is -3.79. The van der Waals surface area contributed by atoms with E-state index in [9.17, 15) is 17.6 Å². The van der Waals surface area contributed by atoms with E-state index in [-0.39, 0.29) is 27.0 Å². The lowest BCUT2D eigenvalue weighted by Crippen LogP contribution is -2.25. The highest BCUT2D eigenvalue weighted by Crippen LogP contribution is 2.23. The Labute approximate surface area is 186 Å². The smallest absolute Gasteiger partial charge is 0.261 e. The van der Waals surface area contributed by atoms with Crippen LogP contribution < -0.4 is 10.0 Å². The molecular weight excluding hydrogens is 439 g/mol. The molecule has 31 heavy (non-hydrogen) atoms. The second-order valence-electron chi connectivity index (χ2n) is 7.10. The van der Waals surface area contributed by atoms with E-state index in [1.54, 1.807) is 24.3 Å². The second-order valence-corrected chi connectivity index (χ2v) is 9.19. The maximum Gasteiger partial charge on any atom is 0.261 e. The first kappa shape index (κ1) is 22.8. The van der Waals surface area contributed by atoms with E-state index < -0.39 is 15.9 Å². The Hall–Kier alpha value is -2.90. The molecule has 0 spiro atoms. The molecule has 0 atom stereocenters. The third-order valence-electron chi connectivity index (χ3n) is 4.64. The summed E-state index contributed by atoms with van der Waals surface area (Å²) in [6, 6.07) is 17.0. The fourth-order valence-electron chi connectivity index (χ4n) is 2.93. The number of halogens is 2. The van der Waals surface area contributed by atoms with Crippen LogP contribution in [0.25, 0.3) is 0 Å². The van der Waals surface area contributed by atoms with Crippen molar-refractivity contribution >= 4 is 33.2 Å². The van der Waals surface area contributed by atoms with Crippen LogP contribution in [0.2, 0.25) is 5.02 Å². The monoisotopic (exact) mass is 460 g/mol. The van der Waals surface area contributed by atoms with Gasteiger partial charge in [0, 0.05) is 12.2 Å². The molecule has 5 nitrogen and oxygen atoms in total. The SMILES string of the molecule is Cc1ccc(S(=O)(=O)Nc2ccc(Cl)c(C(=O)NCCCc3ccc(F)cc3)c2)cc1. The number of benzene rings is 3. The van der Waals surface area contributed by atoms with Crippen molar-refractivity contribution in [2.75, 3.05) is 11.3 Å². The number of amides is 1. The second kappa shape index (κ2) is 9.94. The molecule has 0 saturated carbocycles. The molecule has 1 amide bonds. The van der Waals surface area contributed by atoms with Crippen LogP contribution in [0.3, 0.4) is 0 Å². The number of nitrogens with one attached hydrogen (secondary N) is 2. The molecule has 0 aliphatic heterocycles. The van der Waals surface area contributed by atoms with Crippen molar-refractivity contribution in [2.45, 2.75) is 24.7 Å². The Morgan fingerprint density at radius 1 is 1.00 bits per heavy atom. The highest BCUT2D eigenvalue weighted by molar-refractivity contribution is 7.92. The molecule has 0 saturated heterocycles. The van der Waals surface area contributed by atoms with Gasteiger partial charge in [0.1, 0.15) is 5.82 Å². The fourth-order valence-corrected chi connectivity index (χ4v) is 4.19. The molecule has 3 aromatic carbocycles. The van der Waals surface area contributed by atoms with E-state index in [0.29, 0.717) is 19.4 Å². The molecule has 3 aromatic rings. The van der Waals surface area contributed by atoms with Crippen molar-refractivity contribution in [3.63, 3.8) is 0 Å². The first-order chi connectivity index (χ1) is 14.7. The maximum atomic E-state index is 12.9. The number of anilines is 1. The van der Waals surface area contributed by atoms with Gasteiger partial charge < -0.3 is 5.32 Å². The number of hydrogen-bond acceptors (Lipinski definition) is 3. The van der Waals surface area contributed by atoms with Crippen LogP contribution in [0.4, 0.5) is 10.1 Å². The van der Waals surface area contributed by atoms with Crippen molar-refractivity contribution in [3.05, 3.63) is 94.3 Å². The van der Waals surface area contributed by atoms with Crippen molar-refractivity contribution < 1.29 is 17.6 Å². The number of rotatable bonds is 8. The summed E-state index contributed by atoms with van der Waals surface area (Å²) in [5.41, 5.74) is 2.33. The fraction of sp³-hybridized carbons (Fsp3) is 0.174. The van der Waals surface area contributed by atoms with Crippen LogP contribution in [0, 0.1) is 12.7 Å². The van der Waals surface area contributed by atoms with Gasteiger partial charge in [0.25, 0.3) is 15.9 Å². The van der Waals surface area contributed by atoms with Gasteiger partial charge in [-0.05, 0) is 67.8 Å². The van der Waals surface area contributed by atoms with Gasteiger partial charge >= 0.3 is 0 Å². The number of aryl methyl sites for hydroxylation is 2. The highest BCUT2D eigenvalue weighted by Gasteiger charge is 2.16. The minimum Gasteiger partial charge on any atom is -0.352 e. The molecule has 162 valence electrons. The Bertz CT molecular complexity index is 1160. The van der Waals surface area contributed by atoms with Crippen LogP contribution in [0.15, 0.2) is 71.6 Å². The predicted molar refractivity (Wildman–Crippen MR) is 120 cm³/mol. The van der Waals surface area contributed by atoms with Gasteiger partial charge in [-0.3, -0.25) is 9.52 Å². The summed E-state index contributed by atoms with van der Waals surface area (Å²) in [5.74, 6) is -0.690. The van der Waals surface area contributed by atoms with Crippen molar-refractivity contribution in [2.24, 2.45) is 0 Å². The third-order valence-corrected chi connectivity index (χ3v) is 6.36. The summed E-state index contributed by atoms with van der Waals surface area (Å²) in [4.78, 5) is 12.6. The van der Waals surface area contributed by atoms with Gasteiger partial charge in [-0.2, -0.15) is 0 Å². The lowest BCUT2D eigenvalue weighted by molar-refractivity contribution is 0.0953. The molecule has 0 aromatic heterocycles. The van der Waals surface area contributed by atoms with Crippen LogP contribution in [0.5, 0.6) is 0 Å². The molecule has 3 rings (SSSR count). The van der Waals surface area contributed by atoms with E-state index in [1.807, 2.05) is 6.92 Å². The Morgan fingerprint density at radius 3 is 2.35 bits per heavy atom. The zero-order valence-electron chi connectivity index (χ0n) is 16.9. The molecule has 0 radical (unpaired) electrons. The van der Waals surface area contributed by atoms with Gasteiger partial charge in [-0.15, -0.1) is 0 Å². The molecule has 0 bridgehead atoms. The number of hydrogen-bond donors (Lipinski definition) is 2. The summed E-state index contributed by atoms with van der Waals surface area (Å²) < 4.78 is 40.6. The van der Waals surface area contributed by atoms with Gasteiger partial charge in [-0.1, -0.05) is 41.4 Å². The maximum absolute atomic E-state index is 12.9. The zero-order valence-corrected chi connectivity index (χ0v) is 18.4. The van der Waals surface area contributed by atoms with Crippen LogP contribution in [0.1, 0.15) is 27.9 Å². The Kier molecular flexibility index (Phi) is 7.30. The van der Waals surface area contributed by atoms with Crippen LogP contribution >= 0.6 is 11.6 Å². The summed E-state index contributed by atoms with van der Waals surface area (Å²) in [7, 11) is -3.79. The van der Waals surface area contributed by atoms with Gasteiger partial charge in [0.15, 0.2) is 0 Å². The van der Waals surface area contributed by atoms with Crippen molar-refractivity contribution in [3.8, 4) is 0 Å². The first-order valence-electron chi connectivity index (χ1n) is 9.66. The zero-order chi connectivity index (χ0) is 22.4. The van der Waals surface area contributed by atoms with E-state index in [0.717, 1.165) is 11.1 Å². The Morgan fingerprint density at radius 2 is 1.68 bits per heavy atom. The highest BCUT2D eigenvalue weighted by atomic mass is 35.5. The van der Waals surface area contributed by atoms with Crippen LogP contribution in [-0.2, 0) is 16.4 Å². The number of sulfonamides is 1. The third kappa shape index (κ3) is 6.29. The molecular formula is C23H22ClFN2O3S. The Balaban J connectivity index is 1.62. The average Bonchev–Trinajstić information content (AvgIpc) is 2.74. The van der Waals surface area contributed by atoms with Crippen molar-refractivity contribution in [1.29, 1.82) is 0 Å². The van der Waals surface area contributed by atoms with E-state index in [4.69, 9.17) is 11.6 Å². The van der Waals surface area contributed by atoms with Crippen LogP contribution in [-0.4, -0.2) is 20.9 Å². The molecule has 8 heteroatoms. The number of carbonyl (C=O) groups is 1. The molecule has 0 fully saturated rings. The quantitative estimate of drug-likeness (QED) is 0.467. The molecule has 0 heterocycles. The number of carbonyl (C=O) groups excluding carboxylic acids is 1. The van der Waals surface area contributed by atoms with Gasteiger partial charge in [-0.25, -0.2) is 12.8 Å². The summed E-state index contributed by atoms with van der Waals surface area (Å²) in [6.45, 7) is 2.26. The van der Waals surface area contributed by atoms with Gasteiger partial charge in [0.05, 0.1) is 15.5 Å². The largest absolute Gasteiger partial charge is 0.352 e. The summed E-state index contributed by atoms with van der Waals surface area (Å²) in [5, 5.41) is 2.99. The first-order valence-corrected chi connectivity index (χ1v) is 11.5. The summed E-state index contributed by atoms with van der Waals surface area (Å²) in [6.07, 6.45) is 1.35. The minimum absolute atomic E-state index is 0.125. The van der Waals surface area contributed by atoms with Gasteiger partial charge in [0.2, 0.25) is 0 Å². The normalized spacial score (nSPS) is 11.2.